The van der Waals surface area contributed by atoms with Crippen LogP contribution in [-0.2, 0) is 4.79 Å². The van der Waals surface area contributed by atoms with Crippen molar-refractivity contribution in [2.24, 2.45) is 0 Å². The average Bonchev–Trinajstić information content (AvgIpc) is 2.24. The van der Waals surface area contributed by atoms with Gasteiger partial charge in [0.1, 0.15) is 11.8 Å². The molecule has 0 heterocycles. The first-order chi connectivity index (χ1) is 7.97. The molecule has 0 aromatic heterocycles. The second-order valence-electron chi connectivity index (χ2n) is 3.46. The molecule has 0 spiro atoms. The Balaban J connectivity index is 3.05. The highest BCUT2D eigenvalue weighted by molar-refractivity contribution is 6.34. The van der Waals surface area contributed by atoms with Gasteiger partial charge in [-0.25, -0.2) is 0 Å². The summed E-state index contributed by atoms with van der Waals surface area (Å²) >= 11 is 5.92. The number of aryl methyl sites for hydroxylation is 1. The number of carbonyl (C=O) groups excluding carboxylic acids is 1. The van der Waals surface area contributed by atoms with E-state index in [0.717, 1.165) is 5.56 Å². The van der Waals surface area contributed by atoms with E-state index in [0.29, 0.717) is 10.7 Å². The Labute approximate surface area is 104 Å². The molecule has 0 atom stereocenters. The Morgan fingerprint density at radius 2 is 2.18 bits per heavy atom. The van der Waals surface area contributed by atoms with E-state index in [1.807, 2.05) is 0 Å². The number of hydrogen-bond donors (Lipinski definition) is 2. The lowest BCUT2D eigenvalue weighted by Gasteiger charge is -2.09. The lowest BCUT2D eigenvalue weighted by atomic mass is 10.2. The monoisotopic (exact) mass is 250 g/mol. The van der Waals surface area contributed by atoms with Gasteiger partial charge < -0.3 is 10.4 Å². The van der Waals surface area contributed by atoms with Crippen molar-refractivity contribution < 1.29 is 9.90 Å². The maximum absolute atomic E-state index is 11.7. The fraction of sp³-hybridized carbons (Fsp3) is 0.167. The summed E-state index contributed by atoms with van der Waals surface area (Å²) < 4.78 is 0. The Morgan fingerprint density at radius 3 is 2.65 bits per heavy atom. The third-order valence-electron chi connectivity index (χ3n) is 2.16. The van der Waals surface area contributed by atoms with Crippen molar-refractivity contribution in [3.63, 3.8) is 0 Å². The summed E-state index contributed by atoms with van der Waals surface area (Å²) in [6.07, 6.45) is 0. The Hall–Kier alpha value is -1.99. The molecule has 5 heteroatoms. The Kier molecular flexibility index (Phi) is 4.13. The standard InChI is InChI=1S/C12H11ClN2O2/c1-7-4-3-5-10(13)11(7)15-12(17)9(6-14)8(2)16/h3-5,16H,1-2H3,(H,15,17)/b9-8-. The topological polar surface area (TPSA) is 73.1 Å². The molecule has 0 bridgehead atoms. The van der Waals surface area contributed by atoms with Gasteiger partial charge in [0.2, 0.25) is 0 Å². The Morgan fingerprint density at radius 1 is 1.53 bits per heavy atom. The molecule has 0 radical (unpaired) electrons. The van der Waals surface area contributed by atoms with Crippen molar-refractivity contribution in [3.05, 3.63) is 40.1 Å². The van der Waals surface area contributed by atoms with Gasteiger partial charge in [-0.1, -0.05) is 23.7 Å². The van der Waals surface area contributed by atoms with Crippen LogP contribution >= 0.6 is 11.6 Å². The number of aliphatic hydroxyl groups is 1. The molecule has 4 nitrogen and oxygen atoms in total. The van der Waals surface area contributed by atoms with Crippen LogP contribution in [0.3, 0.4) is 0 Å². The number of halogens is 1. The zero-order valence-electron chi connectivity index (χ0n) is 9.41. The first-order valence-corrected chi connectivity index (χ1v) is 5.21. The summed E-state index contributed by atoms with van der Waals surface area (Å²) in [4.78, 5) is 11.7. The summed E-state index contributed by atoms with van der Waals surface area (Å²) in [7, 11) is 0. The van der Waals surface area contributed by atoms with Crippen molar-refractivity contribution in [2.45, 2.75) is 13.8 Å². The summed E-state index contributed by atoms with van der Waals surface area (Å²) in [5, 5.41) is 20.8. The van der Waals surface area contributed by atoms with Gasteiger partial charge in [-0.3, -0.25) is 4.79 Å². The number of para-hydroxylation sites is 1. The number of hydrogen-bond acceptors (Lipinski definition) is 3. The zero-order valence-corrected chi connectivity index (χ0v) is 10.2. The molecule has 0 aliphatic carbocycles. The summed E-state index contributed by atoms with van der Waals surface area (Å²) in [6.45, 7) is 3.06. The molecule has 1 aromatic rings. The smallest absolute Gasteiger partial charge is 0.269 e. The van der Waals surface area contributed by atoms with Crippen LogP contribution in [0.1, 0.15) is 12.5 Å². The minimum atomic E-state index is -0.677. The van der Waals surface area contributed by atoms with E-state index in [1.54, 1.807) is 31.2 Å². The van der Waals surface area contributed by atoms with E-state index >= 15 is 0 Å². The largest absolute Gasteiger partial charge is 0.511 e. The average molecular weight is 251 g/mol. The predicted octanol–water partition coefficient (Wildman–Crippen LogP) is 2.94. The van der Waals surface area contributed by atoms with Crippen LogP contribution in [0.15, 0.2) is 29.5 Å². The zero-order chi connectivity index (χ0) is 13.0. The molecular weight excluding hydrogens is 240 g/mol. The molecule has 0 saturated carbocycles. The van der Waals surface area contributed by atoms with Crippen LogP contribution in [0.5, 0.6) is 0 Å². The van der Waals surface area contributed by atoms with Gasteiger partial charge >= 0.3 is 0 Å². The molecule has 0 aliphatic rings. The fourth-order valence-corrected chi connectivity index (χ4v) is 1.53. The quantitative estimate of drug-likeness (QED) is 0.481. The number of nitriles is 1. The van der Waals surface area contributed by atoms with Crippen LogP contribution in [0, 0.1) is 18.3 Å². The van der Waals surface area contributed by atoms with Crippen molar-refractivity contribution in [2.75, 3.05) is 5.32 Å². The van der Waals surface area contributed by atoms with Crippen LogP contribution in [0.4, 0.5) is 5.69 Å². The molecule has 1 rings (SSSR count). The minimum absolute atomic E-state index is 0.324. The highest BCUT2D eigenvalue weighted by atomic mass is 35.5. The molecular formula is C12H11ClN2O2. The highest BCUT2D eigenvalue weighted by Gasteiger charge is 2.15. The SMILES string of the molecule is C/C(O)=C(\C#N)C(=O)Nc1c(C)cccc1Cl. The van der Waals surface area contributed by atoms with Gasteiger partial charge in [-0.15, -0.1) is 0 Å². The number of carbonyl (C=O) groups is 1. The number of aliphatic hydroxyl groups excluding tert-OH is 1. The summed E-state index contributed by atoms with van der Waals surface area (Å²) in [6, 6.07) is 6.80. The number of amides is 1. The van der Waals surface area contributed by atoms with Crippen molar-refractivity contribution in [1.82, 2.24) is 0 Å². The summed E-state index contributed by atoms with van der Waals surface area (Å²) in [5.41, 5.74) is 0.885. The summed E-state index contributed by atoms with van der Waals surface area (Å²) in [5.74, 6) is -1.00. The second-order valence-corrected chi connectivity index (χ2v) is 3.87. The van der Waals surface area contributed by atoms with Crippen molar-refractivity contribution in [3.8, 4) is 6.07 Å². The van der Waals surface area contributed by atoms with E-state index in [-0.39, 0.29) is 11.3 Å². The van der Waals surface area contributed by atoms with Crippen LogP contribution in [0.2, 0.25) is 5.02 Å². The molecule has 0 fully saturated rings. The first-order valence-electron chi connectivity index (χ1n) is 4.83. The fourth-order valence-electron chi connectivity index (χ4n) is 1.26. The number of anilines is 1. The minimum Gasteiger partial charge on any atom is -0.511 e. The van der Waals surface area contributed by atoms with Crippen LogP contribution in [-0.4, -0.2) is 11.0 Å². The van der Waals surface area contributed by atoms with E-state index in [9.17, 15) is 4.79 Å². The van der Waals surface area contributed by atoms with Gasteiger partial charge in [0.15, 0.2) is 5.57 Å². The molecule has 17 heavy (non-hydrogen) atoms. The highest BCUT2D eigenvalue weighted by Crippen LogP contribution is 2.25. The Bertz CT molecular complexity index is 506. The number of rotatable bonds is 2. The normalized spacial score (nSPS) is 11.4. The van der Waals surface area contributed by atoms with Crippen LogP contribution in [0.25, 0.3) is 0 Å². The lowest BCUT2D eigenvalue weighted by Crippen LogP contribution is -2.16. The van der Waals surface area contributed by atoms with Gasteiger partial charge in [-0.05, 0) is 25.5 Å². The van der Waals surface area contributed by atoms with E-state index in [4.69, 9.17) is 22.0 Å². The second kappa shape index (κ2) is 5.37. The molecule has 0 unspecified atom stereocenters. The molecule has 0 aliphatic heterocycles. The van der Waals surface area contributed by atoms with E-state index in [1.165, 1.54) is 6.92 Å². The third-order valence-corrected chi connectivity index (χ3v) is 2.48. The van der Waals surface area contributed by atoms with E-state index < -0.39 is 5.91 Å². The first kappa shape index (κ1) is 13.1. The van der Waals surface area contributed by atoms with Crippen LogP contribution < -0.4 is 5.32 Å². The number of nitrogens with zero attached hydrogens (tertiary/aromatic N) is 1. The molecule has 88 valence electrons. The lowest BCUT2D eigenvalue weighted by molar-refractivity contribution is -0.112. The molecule has 1 aromatic carbocycles. The van der Waals surface area contributed by atoms with Gasteiger partial charge in [0.25, 0.3) is 5.91 Å². The molecule has 2 N–H and O–H groups in total. The van der Waals surface area contributed by atoms with Gasteiger partial charge in [0, 0.05) is 0 Å². The van der Waals surface area contributed by atoms with E-state index in [2.05, 4.69) is 5.32 Å². The predicted molar refractivity (Wildman–Crippen MR) is 65.8 cm³/mol. The molecule has 0 saturated heterocycles. The third kappa shape index (κ3) is 2.99. The van der Waals surface area contributed by atoms with Crippen molar-refractivity contribution in [1.29, 1.82) is 5.26 Å². The number of nitrogens with one attached hydrogen (secondary N) is 1. The maximum atomic E-state index is 11.7. The van der Waals surface area contributed by atoms with Gasteiger partial charge in [-0.2, -0.15) is 5.26 Å². The van der Waals surface area contributed by atoms with Crippen molar-refractivity contribution >= 4 is 23.2 Å². The number of allylic oxidation sites excluding steroid dienone is 1. The maximum Gasteiger partial charge on any atom is 0.269 e. The number of benzene rings is 1. The van der Waals surface area contributed by atoms with Gasteiger partial charge in [0.05, 0.1) is 10.7 Å². The molecule has 1 amide bonds.